The molecule has 58 valence electrons. The van der Waals surface area contributed by atoms with Crippen LogP contribution in [0.25, 0.3) is 4.98 Å². The Kier molecular flexibility index (Phi) is 3.42. The van der Waals surface area contributed by atoms with Gasteiger partial charge in [-0.3, -0.25) is 0 Å². The van der Waals surface area contributed by atoms with Crippen LogP contribution in [0.1, 0.15) is 0 Å². The molecule has 1 aromatic rings. The van der Waals surface area contributed by atoms with E-state index in [4.69, 9.17) is 5.39 Å². The standard InChI is InChI=1S/C6H3F2N2.ClH/c7-5-2-1-4(10-9)3-6(5)8;/h1-3H;1H/q+1;/p-1. The number of halogens is 3. The van der Waals surface area contributed by atoms with Gasteiger partial charge in [0.25, 0.3) is 0 Å². The predicted molar refractivity (Wildman–Crippen MR) is 31.1 cm³/mol. The van der Waals surface area contributed by atoms with E-state index < -0.39 is 11.6 Å². The number of rotatable bonds is 0. The van der Waals surface area contributed by atoms with E-state index in [1.807, 2.05) is 0 Å². The summed E-state index contributed by atoms with van der Waals surface area (Å²) >= 11 is 0. The molecule has 0 aliphatic rings. The first kappa shape index (κ1) is 9.79. The highest BCUT2D eigenvalue weighted by molar-refractivity contribution is 5.43. The van der Waals surface area contributed by atoms with Gasteiger partial charge in [0, 0.05) is 6.07 Å². The molecule has 0 aliphatic heterocycles. The molecule has 0 radical (unpaired) electrons. The normalized spacial score (nSPS) is 8.09. The summed E-state index contributed by atoms with van der Waals surface area (Å²) < 4.78 is 24.4. The second-order valence-electron chi connectivity index (χ2n) is 1.70. The van der Waals surface area contributed by atoms with Crippen molar-refractivity contribution < 1.29 is 21.2 Å². The van der Waals surface area contributed by atoms with E-state index in [0.717, 1.165) is 12.1 Å². The number of hydrogen-bond acceptors (Lipinski definition) is 1. The number of benzene rings is 1. The SMILES string of the molecule is N#[N+]c1ccc(F)c(F)c1.[Cl-]. The summed E-state index contributed by atoms with van der Waals surface area (Å²) in [6.07, 6.45) is 0. The average molecular weight is 177 g/mol. The first-order valence-electron chi connectivity index (χ1n) is 2.54. The third-order valence-corrected chi connectivity index (χ3v) is 1.02. The molecule has 2 nitrogen and oxygen atoms in total. The highest BCUT2D eigenvalue weighted by Gasteiger charge is 2.08. The maximum absolute atomic E-state index is 12.2. The largest absolute Gasteiger partial charge is 1.00 e. The number of diazo groups is 1. The molecule has 0 unspecified atom stereocenters. The van der Waals surface area contributed by atoms with Crippen molar-refractivity contribution in [3.05, 3.63) is 34.8 Å². The van der Waals surface area contributed by atoms with Crippen LogP contribution in [0.5, 0.6) is 0 Å². The molecule has 0 saturated carbocycles. The van der Waals surface area contributed by atoms with Gasteiger partial charge in [-0.05, 0) is 6.07 Å². The summed E-state index contributed by atoms with van der Waals surface area (Å²) in [6.45, 7) is 0. The number of hydrogen-bond donors (Lipinski definition) is 0. The van der Waals surface area contributed by atoms with Crippen LogP contribution in [0, 0.1) is 17.0 Å². The third-order valence-electron chi connectivity index (χ3n) is 1.02. The molecule has 5 heteroatoms. The van der Waals surface area contributed by atoms with Crippen molar-refractivity contribution in [2.75, 3.05) is 0 Å². The van der Waals surface area contributed by atoms with E-state index in [1.54, 1.807) is 0 Å². The van der Waals surface area contributed by atoms with Gasteiger partial charge in [0.05, 0.1) is 6.07 Å². The third kappa shape index (κ3) is 2.13. The van der Waals surface area contributed by atoms with Crippen molar-refractivity contribution in [2.45, 2.75) is 0 Å². The summed E-state index contributed by atoms with van der Waals surface area (Å²) in [5, 5.41) is 8.09. The van der Waals surface area contributed by atoms with E-state index in [-0.39, 0.29) is 18.1 Å². The van der Waals surface area contributed by atoms with E-state index in [0.29, 0.717) is 0 Å². The molecule has 0 bridgehead atoms. The van der Waals surface area contributed by atoms with Crippen molar-refractivity contribution >= 4 is 5.69 Å². The molecule has 0 aromatic heterocycles. The lowest BCUT2D eigenvalue weighted by atomic mass is 10.3. The van der Waals surface area contributed by atoms with Crippen molar-refractivity contribution in [1.82, 2.24) is 0 Å². The monoisotopic (exact) mass is 176 g/mol. The highest BCUT2D eigenvalue weighted by atomic mass is 35.5. The van der Waals surface area contributed by atoms with Crippen LogP contribution in [-0.2, 0) is 0 Å². The van der Waals surface area contributed by atoms with Gasteiger partial charge in [-0.25, -0.2) is 8.78 Å². The van der Waals surface area contributed by atoms with Crippen molar-refractivity contribution in [3.63, 3.8) is 0 Å². The van der Waals surface area contributed by atoms with Gasteiger partial charge < -0.3 is 12.4 Å². The van der Waals surface area contributed by atoms with Crippen LogP contribution in [0.4, 0.5) is 14.5 Å². The Balaban J connectivity index is 0.000001000. The summed E-state index contributed by atoms with van der Waals surface area (Å²) in [5.74, 6) is -1.97. The Hall–Kier alpha value is -1.21. The van der Waals surface area contributed by atoms with Crippen LogP contribution in [-0.4, -0.2) is 0 Å². The van der Waals surface area contributed by atoms with Crippen LogP contribution in [0.2, 0.25) is 0 Å². The fourth-order valence-electron chi connectivity index (χ4n) is 0.547. The molecule has 1 aromatic carbocycles. The first-order valence-corrected chi connectivity index (χ1v) is 2.54. The predicted octanol–water partition coefficient (Wildman–Crippen LogP) is -0.547. The lowest BCUT2D eigenvalue weighted by Crippen LogP contribution is -3.00. The average Bonchev–Trinajstić information content (AvgIpc) is 1.95. The van der Waals surface area contributed by atoms with E-state index in [2.05, 4.69) is 4.98 Å². The smallest absolute Gasteiger partial charge is 0.388 e. The number of nitrogens with zero attached hydrogens (tertiary/aromatic N) is 2. The molecular weight excluding hydrogens is 174 g/mol. The minimum absolute atomic E-state index is 0. The molecule has 0 atom stereocenters. The van der Waals surface area contributed by atoms with E-state index in [1.165, 1.54) is 6.07 Å². The zero-order chi connectivity index (χ0) is 7.56. The van der Waals surface area contributed by atoms with Crippen LogP contribution in [0.15, 0.2) is 18.2 Å². The van der Waals surface area contributed by atoms with Gasteiger partial charge in [-0.2, -0.15) is 0 Å². The maximum Gasteiger partial charge on any atom is 0.388 e. The fourth-order valence-corrected chi connectivity index (χ4v) is 0.547. The summed E-state index contributed by atoms with van der Waals surface area (Å²) in [7, 11) is 0. The lowest BCUT2D eigenvalue weighted by molar-refractivity contribution is -0.00000334. The van der Waals surface area contributed by atoms with Crippen molar-refractivity contribution in [2.24, 2.45) is 0 Å². The molecule has 0 aliphatic carbocycles. The fraction of sp³-hybridized carbons (Fsp3) is 0. The molecule has 1 rings (SSSR count). The minimum atomic E-state index is -1.02. The second kappa shape index (κ2) is 3.84. The maximum atomic E-state index is 12.2. The highest BCUT2D eigenvalue weighted by Crippen LogP contribution is 2.15. The summed E-state index contributed by atoms with van der Waals surface area (Å²) in [6, 6.07) is 2.86. The Morgan fingerprint density at radius 1 is 1.18 bits per heavy atom. The minimum Gasteiger partial charge on any atom is -1.00 e. The molecule has 11 heavy (non-hydrogen) atoms. The van der Waals surface area contributed by atoms with E-state index >= 15 is 0 Å². The molecule has 0 spiro atoms. The van der Waals surface area contributed by atoms with Gasteiger partial charge in [0.15, 0.2) is 16.6 Å². The molecule has 0 fully saturated rings. The Bertz CT molecular complexity index is 295. The topological polar surface area (TPSA) is 28.1 Å². The molecule has 0 heterocycles. The van der Waals surface area contributed by atoms with Gasteiger partial charge in [0.2, 0.25) is 5.39 Å². The first-order chi connectivity index (χ1) is 4.74. The van der Waals surface area contributed by atoms with E-state index in [9.17, 15) is 8.78 Å². The van der Waals surface area contributed by atoms with Crippen molar-refractivity contribution in [3.8, 4) is 0 Å². The lowest BCUT2D eigenvalue weighted by Gasteiger charge is -1.84. The quantitative estimate of drug-likeness (QED) is 0.488. The Morgan fingerprint density at radius 3 is 2.27 bits per heavy atom. The van der Waals surface area contributed by atoms with Crippen LogP contribution in [0.3, 0.4) is 0 Å². The second-order valence-corrected chi connectivity index (χ2v) is 1.70. The Labute approximate surface area is 67.9 Å². The summed E-state index contributed by atoms with van der Waals surface area (Å²) in [4.78, 5) is 2.67. The van der Waals surface area contributed by atoms with Crippen LogP contribution >= 0.6 is 0 Å². The molecular formula is C6H3ClF2N2. The van der Waals surface area contributed by atoms with Gasteiger partial charge in [0.1, 0.15) is 0 Å². The van der Waals surface area contributed by atoms with Gasteiger partial charge >= 0.3 is 5.69 Å². The zero-order valence-electron chi connectivity index (χ0n) is 5.26. The molecule has 0 saturated heterocycles. The zero-order valence-corrected chi connectivity index (χ0v) is 6.02. The van der Waals surface area contributed by atoms with Gasteiger partial charge in [-0.15, -0.1) is 0 Å². The molecule has 0 N–H and O–H groups in total. The molecule has 0 amide bonds. The van der Waals surface area contributed by atoms with Crippen LogP contribution < -0.4 is 12.4 Å². The van der Waals surface area contributed by atoms with Crippen molar-refractivity contribution in [1.29, 1.82) is 5.39 Å². The summed E-state index contributed by atoms with van der Waals surface area (Å²) in [5.41, 5.74) is -0.00102. The van der Waals surface area contributed by atoms with Gasteiger partial charge in [-0.1, -0.05) is 0 Å². The Morgan fingerprint density at radius 2 is 1.82 bits per heavy atom.